The van der Waals surface area contributed by atoms with Crippen molar-refractivity contribution in [1.29, 1.82) is 0 Å². The predicted molar refractivity (Wildman–Crippen MR) is 75.0 cm³/mol. The first-order valence-electron chi connectivity index (χ1n) is 5.89. The Morgan fingerprint density at radius 2 is 2.00 bits per heavy atom. The van der Waals surface area contributed by atoms with E-state index in [1.165, 1.54) is 12.1 Å². The molecule has 1 atom stereocenters. The second kappa shape index (κ2) is 8.72. The van der Waals surface area contributed by atoms with Crippen LogP contribution in [-0.2, 0) is 4.79 Å². The van der Waals surface area contributed by atoms with Gasteiger partial charge in [0.2, 0.25) is 5.91 Å². The average molecular weight is 291 g/mol. The summed E-state index contributed by atoms with van der Waals surface area (Å²) in [6, 6.07) is 5.37. The number of ether oxygens (including phenoxy) is 1. The molecule has 0 radical (unpaired) electrons. The van der Waals surface area contributed by atoms with Crippen molar-refractivity contribution in [1.82, 2.24) is 4.90 Å². The van der Waals surface area contributed by atoms with E-state index in [9.17, 15) is 9.18 Å². The Morgan fingerprint density at radius 3 is 2.53 bits per heavy atom. The molecule has 0 aliphatic carbocycles. The summed E-state index contributed by atoms with van der Waals surface area (Å²) in [5, 5.41) is 0. The van der Waals surface area contributed by atoms with Gasteiger partial charge in [-0.25, -0.2) is 4.39 Å². The summed E-state index contributed by atoms with van der Waals surface area (Å²) < 4.78 is 18.0. The SMILES string of the molecule is CC(N)C(=O)N(C)CCCOc1ccc(F)cc1.Cl. The molecule has 1 unspecified atom stereocenters. The van der Waals surface area contributed by atoms with Crippen LogP contribution >= 0.6 is 12.4 Å². The fraction of sp³-hybridized carbons (Fsp3) is 0.462. The van der Waals surface area contributed by atoms with Crippen LogP contribution in [0, 0.1) is 5.82 Å². The summed E-state index contributed by atoms with van der Waals surface area (Å²) in [6.07, 6.45) is 0.701. The zero-order valence-electron chi connectivity index (χ0n) is 11.1. The third-order valence-corrected chi connectivity index (χ3v) is 2.49. The summed E-state index contributed by atoms with van der Waals surface area (Å²) in [5.41, 5.74) is 5.49. The lowest BCUT2D eigenvalue weighted by atomic mass is 10.3. The van der Waals surface area contributed by atoms with Gasteiger partial charge in [0.05, 0.1) is 12.6 Å². The zero-order chi connectivity index (χ0) is 13.5. The number of carbonyl (C=O) groups excluding carboxylic acids is 1. The number of hydrogen-bond acceptors (Lipinski definition) is 3. The Bertz CT molecular complexity index is 385. The van der Waals surface area contributed by atoms with Gasteiger partial charge in [-0.3, -0.25) is 4.79 Å². The lowest BCUT2D eigenvalue weighted by Gasteiger charge is -2.19. The van der Waals surface area contributed by atoms with Gasteiger partial charge in [0.15, 0.2) is 0 Å². The van der Waals surface area contributed by atoms with Gasteiger partial charge in [0.1, 0.15) is 11.6 Å². The molecule has 4 nitrogen and oxygen atoms in total. The van der Waals surface area contributed by atoms with E-state index in [-0.39, 0.29) is 24.1 Å². The molecule has 0 spiro atoms. The first-order chi connectivity index (χ1) is 8.50. The van der Waals surface area contributed by atoms with Crippen LogP contribution in [0.5, 0.6) is 5.75 Å². The molecule has 1 aromatic rings. The normalized spacial score (nSPS) is 11.4. The number of nitrogens with two attached hydrogens (primary N) is 1. The van der Waals surface area contributed by atoms with Crippen molar-refractivity contribution in [2.45, 2.75) is 19.4 Å². The van der Waals surface area contributed by atoms with Crippen molar-refractivity contribution < 1.29 is 13.9 Å². The number of amides is 1. The van der Waals surface area contributed by atoms with Crippen molar-refractivity contribution in [3.8, 4) is 5.75 Å². The number of halogens is 2. The zero-order valence-corrected chi connectivity index (χ0v) is 12.0. The Hall–Kier alpha value is -1.33. The van der Waals surface area contributed by atoms with Crippen LogP contribution in [0.4, 0.5) is 4.39 Å². The van der Waals surface area contributed by atoms with Crippen molar-refractivity contribution in [3.63, 3.8) is 0 Å². The minimum atomic E-state index is -0.479. The number of nitrogens with zero attached hydrogens (tertiary/aromatic N) is 1. The van der Waals surface area contributed by atoms with Gasteiger partial charge in [-0.2, -0.15) is 0 Å². The van der Waals surface area contributed by atoms with Gasteiger partial charge in [-0.1, -0.05) is 0 Å². The van der Waals surface area contributed by atoms with E-state index in [1.54, 1.807) is 31.0 Å². The summed E-state index contributed by atoms with van der Waals surface area (Å²) in [6.45, 7) is 2.72. The number of likely N-dealkylation sites (N-methyl/N-ethyl adjacent to an activating group) is 1. The molecule has 108 valence electrons. The lowest BCUT2D eigenvalue weighted by Crippen LogP contribution is -2.40. The molecule has 2 N–H and O–H groups in total. The molecule has 1 amide bonds. The molecule has 0 heterocycles. The molecule has 1 rings (SSSR count). The first kappa shape index (κ1) is 17.7. The van der Waals surface area contributed by atoms with Gasteiger partial charge in [-0.15, -0.1) is 12.4 Å². The molecule has 0 aliphatic heterocycles. The highest BCUT2D eigenvalue weighted by Crippen LogP contribution is 2.11. The van der Waals surface area contributed by atoms with Crippen LogP contribution in [0.2, 0.25) is 0 Å². The third-order valence-electron chi connectivity index (χ3n) is 2.49. The molecule has 6 heteroatoms. The maximum atomic E-state index is 12.6. The Kier molecular flexibility index (Phi) is 8.11. The second-order valence-electron chi connectivity index (χ2n) is 4.20. The van der Waals surface area contributed by atoms with Crippen molar-refractivity contribution in [2.24, 2.45) is 5.73 Å². The van der Waals surface area contributed by atoms with Crippen LogP contribution in [-0.4, -0.2) is 37.0 Å². The Balaban J connectivity index is 0.00000324. The predicted octanol–water partition coefficient (Wildman–Crippen LogP) is 1.82. The van der Waals surface area contributed by atoms with E-state index in [0.717, 1.165) is 0 Å². The van der Waals surface area contributed by atoms with Gasteiger partial charge in [0, 0.05) is 13.6 Å². The van der Waals surface area contributed by atoms with Gasteiger partial charge in [0.25, 0.3) is 0 Å². The molecular weight excluding hydrogens is 271 g/mol. The fourth-order valence-electron chi connectivity index (χ4n) is 1.48. The number of benzene rings is 1. The van der Waals surface area contributed by atoms with E-state index >= 15 is 0 Å². The highest BCUT2D eigenvalue weighted by molar-refractivity contribution is 5.85. The number of carbonyl (C=O) groups is 1. The van der Waals surface area contributed by atoms with Crippen LogP contribution < -0.4 is 10.5 Å². The highest BCUT2D eigenvalue weighted by atomic mass is 35.5. The molecular formula is C13H20ClFN2O2. The van der Waals surface area contributed by atoms with E-state index < -0.39 is 6.04 Å². The standard InChI is InChI=1S/C13H19FN2O2.ClH/c1-10(15)13(17)16(2)8-3-9-18-12-6-4-11(14)5-7-12;/h4-7,10H,3,8-9,15H2,1-2H3;1H. The van der Waals surface area contributed by atoms with E-state index in [1.807, 2.05) is 0 Å². The van der Waals surface area contributed by atoms with Crippen LogP contribution in [0.25, 0.3) is 0 Å². The summed E-state index contributed by atoms with van der Waals surface area (Å²) in [4.78, 5) is 13.0. The summed E-state index contributed by atoms with van der Waals surface area (Å²) in [7, 11) is 1.71. The van der Waals surface area contributed by atoms with Crippen LogP contribution in [0.15, 0.2) is 24.3 Å². The van der Waals surface area contributed by atoms with Crippen molar-refractivity contribution in [2.75, 3.05) is 20.2 Å². The van der Waals surface area contributed by atoms with Crippen molar-refractivity contribution in [3.05, 3.63) is 30.1 Å². The van der Waals surface area contributed by atoms with E-state index in [2.05, 4.69) is 0 Å². The maximum Gasteiger partial charge on any atom is 0.238 e. The van der Waals surface area contributed by atoms with Gasteiger partial charge in [-0.05, 0) is 37.6 Å². The van der Waals surface area contributed by atoms with E-state index in [0.29, 0.717) is 25.3 Å². The quantitative estimate of drug-likeness (QED) is 0.813. The summed E-state index contributed by atoms with van der Waals surface area (Å²) in [5.74, 6) is 0.249. The van der Waals surface area contributed by atoms with E-state index in [4.69, 9.17) is 10.5 Å². The minimum absolute atomic E-state index is 0. The van der Waals surface area contributed by atoms with Gasteiger partial charge < -0.3 is 15.4 Å². The highest BCUT2D eigenvalue weighted by Gasteiger charge is 2.12. The molecule has 0 fully saturated rings. The number of hydrogen-bond donors (Lipinski definition) is 1. The van der Waals surface area contributed by atoms with Crippen LogP contribution in [0.3, 0.4) is 0 Å². The average Bonchev–Trinajstić information content (AvgIpc) is 2.35. The molecule has 0 aromatic heterocycles. The summed E-state index contributed by atoms with van der Waals surface area (Å²) >= 11 is 0. The lowest BCUT2D eigenvalue weighted by molar-refractivity contribution is -0.130. The molecule has 0 bridgehead atoms. The smallest absolute Gasteiger partial charge is 0.238 e. The molecule has 0 saturated carbocycles. The number of rotatable bonds is 6. The molecule has 1 aromatic carbocycles. The second-order valence-corrected chi connectivity index (χ2v) is 4.20. The first-order valence-corrected chi connectivity index (χ1v) is 5.89. The fourth-order valence-corrected chi connectivity index (χ4v) is 1.48. The molecule has 19 heavy (non-hydrogen) atoms. The molecule has 0 aliphatic rings. The van der Waals surface area contributed by atoms with Crippen LogP contribution in [0.1, 0.15) is 13.3 Å². The topological polar surface area (TPSA) is 55.6 Å². The third kappa shape index (κ3) is 6.40. The minimum Gasteiger partial charge on any atom is -0.494 e. The Morgan fingerprint density at radius 1 is 1.42 bits per heavy atom. The van der Waals surface area contributed by atoms with Crippen molar-refractivity contribution >= 4 is 18.3 Å². The monoisotopic (exact) mass is 290 g/mol. The molecule has 0 saturated heterocycles. The Labute approximate surface area is 119 Å². The van der Waals surface area contributed by atoms with Gasteiger partial charge >= 0.3 is 0 Å². The maximum absolute atomic E-state index is 12.6. The largest absolute Gasteiger partial charge is 0.494 e.